The maximum absolute atomic E-state index is 13.2. The first-order chi connectivity index (χ1) is 18.8. The Labute approximate surface area is 243 Å². The molecule has 1 aliphatic carbocycles. The average Bonchev–Trinajstić information content (AvgIpc) is 3.38. The van der Waals surface area contributed by atoms with Gasteiger partial charge in [0.05, 0.1) is 34.3 Å². The normalized spacial score (nSPS) is 25.9. The molecule has 2 aromatic heterocycles. The number of amides is 1. The van der Waals surface area contributed by atoms with Crippen LogP contribution in [-0.2, 0) is 5.54 Å². The standard InChI is InChI=1S/C30H31IN5O2P/c1-15-12-30(13-15,32-3)26-16(2)9-18(14-33-26)17-7-8-20-22(10-17)36-23-11-21(27(36)34-20)35-28(37)19-5-4-6-24(25(19)23)38-29(31)39/h4-10,14-15,21,23,29,32H,11-13,39H2,1-3H3,(H,35,37)/t15-,21?,23-,29?,30-/m1/s1. The van der Waals surface area contributed by atoms with E-state index in [1.54, 1.807) is 0 Å². The second-order valence-electron chi connectivity index (χ2n) is 11.2. The predicted molar refractivity (Wildman–Crippen MR) is 164 cm³/mol. The molecule has 1 saturated carbocycles. The molecule has 200 valence electrons. The Balaban J connectivity index is 1.33. The molecule has 4 atom stereocenters. The van der Waals surface area contributed by atoms with Crippen LogP contribution in [0, 0.1) is 12.8 Å². The molecule has 0 radical (unpaired) electrons. The number of carbonyl (C=O) groups excluding carboxylic acids is 1. The Kier molecular flexibility index (Phi) is 6.03. The van der Waals surface area contributed by atoms with E-state index in [4.69, 9.17) is 14.7 Å². The molecule has 9 heteroatoms. The van der Waals surface area contributed by atoms with Gasteiger partial charge in [0, 0.05) is 22.9 Å². The van der Waals surface area contributed by atoms with Gasteiger partial charge in [-0.05, 0) is 103 Å². The van der Waals surface area contributed by atoms with E-state index in [0.717, 1.165) is 64.3 Å². The summed E-state index contributed by atoms with van der Waals surface area (Å²) in [7, 11) is 4.71. The fourth-order valence-electron chi connectivity index (χ4n) is 7.09. The maximum atomic E-state index is 13.2. The molecular weight excluding hydrogens is 620 g/mol. The first kappa shape index (κ1) is 25.4. The number of hydrogen-bond donors (Lipinski definition) is 2. The smallest absolute Gasteiger partial charge is 0.252 e. The van der Waals surface area contributed by atoms with Gasteiger partial charge in [-0.15, -0.1) is 0 Å². The van der Waals surface area contributed by atoms with Crippen molar-refractivity contribution in [3.8, 4) is 16.9 Å². The summed E-state index contributed by atoms with van der Waals surface area (Å²) in [5.74, 6) is 2.29. The molecule has 4 heterocycles. The van der Waals surface area contributed by atoms with Crippen LogP contribution < -0.4 is 15.4 Å². The van der Waals surface area contributed by atoms with Crippen molar-refractivity contribution in [2.75, 3.05) is 7.05 Å². The first-order valence-corrected chi connectivity index (χ1v) is 15.4. The number of rotatable bonds is 5. The van der Waals surface area contributed by atoms with Gasteiger partial charge in [0.25, 0.3) is 5.91 Å². The molecule has 2 bridgehead atoms. The Bertz CT molecular complexity index is 1640. The van der Waals surface area contributed by atoms with Crippen LogP contribution in [0.4, 0.5) is 0 Å². The number of benzene rings is 2. The van der Waals surface area contributed by atoms with E-state index in [1.807, 2.05) is 31.4 Å². The monoisotopic (exact) mass is 651 g/mol. The molecule has 3 unspecified atom stereocenters. The Morgan fingerprint density at radius 1 is 1.23 bits per heavy atom. The Hall–Kier alpha value is -2.55. The molecule has 1 amide bonds. The fraction of sp³-hybridized carbons (Fsp3) is 0.367. The molecule has 0 spiro atoms. The van der Waals surface area contributed by atoms with E-state index in [1.165, 1.54) is 5.56 Å². The number of nitrogens with zero attached hydrogens (tertiary/aromatic N) is 3. The number of imidazole rings is 1. The summed E-state index contributed by atoms with van der Waals surface area (Å²) in [5, 5.41) is 6.77. The molecule has 2 aliphatic heterocycles. The molecule has 39 heavy (non-hydrogen) atoms. The molecule has 7 rings (SSSR count). The third-order valence-electron chi connectivity index (χ3n) is 8.73. The van der Waals surface area contributed by atoms with Crippen LogP contribution >= 0.6 is 31.8 Å². The number of nitrogens with one attached hydrogen (secondary N) is 2. The van der Waals surface area contributed by atoms with Crippen LogP contribution in [0.3, 0.4) is 0 Å². The highest BCUT2D eigenvalue weighted by Gasteiger charge is 2.44. The summed E-state index contributed by atoms with van der Waals surface area (Å²) in [6.07, 6.45) is 5.00. The van der Waals surface area contributed by atoms with E-state index in [9.17, 15) is 4.79 Å². The largest absolute Gasteiger partial charge is 0.476 e. The van der Waals surface area contributed by atoms with Gasteiger partial charge in [0.15, 0.2) is 3.85 Å². The van der Waals surface area contributed by atoms with Crippen molar-refractivity contribution < 1.29 is 9.53 Å². The third kappa shape index (κ3) is 3.93. The summed E-state index contributed by atoms with van der Waals surface area (Å²) < 4.78 is 8.37. The third-order valence-corrected chi connectivity index (χ3v) is 9.12. The van der Waals surface area contributed by atoms with Gasteiger partial charge in [-0.1, -0.05) is 28.3 Å². The minimum Gasteiger partial charge on any atom is -0.476 e. The molecule has 4 aromatic rings. The molecule has 7 nitrogen and oxygen atoms in total. The summed E-state index contributed by atoms with van der Waals surface area (Å²) in [4.78, 5) is 23.1. The number of pyridine rings is 1. The van der Waals surface area contributed by atoms with Gasteiger partial charge in [-0.25, -0.2) is 4.98 Å². The highest BCUT2D eigenvalue weighted by molar-refractivity contribution is 14.1. The summed E-state index contributed by atoms with van der Waals surface area (Å²) in [6, 6.07) is 14.2. The number of halogens is 1. The van der Waals surface area contributed by atoms with Crippen molar-refractivity contribution in [1.82, 2.24) is 25.2 Å². The molecule has 1 fully saturated rings. The van der Waals surface area contributed by atoms with Crippen LogP contribution in [0.25, 0.3) is 22.2 Å². The second-order valence-corrected chi connectivity index (χ2v) is 14.4. The number of carbonyl (C=O) groups is 1. The van der Waals surface area contributed by atoms with E-state index < -0.39 is 0 Å². The summed E-state index contributed by atoms with van der Waals surface area (Å²) in [6.45, 7) is 4.47. The van der Waals surface area contributed by atoms with Gasteiger partial charge in [-0.2, -0.15) is 0 Å². The number of aryl methyl sites for hydroxylation is 1. The highest BCUT2D eigenvalue weighted by atomic mass is 127. The number of hydrogen-bond acceptors (Lipinski definition) is 5. The number of fused-ring (bicyclic) bond motifs is 9. The average molecular weight is 651 g/mol. The maximum Gasteiger partial charge on any atom is 0.252 e. The van der Waals surface area contributed by atoms with Crippen molar-refractivity contribution in [1.29, 1.82) is 0 Å². The van der Waals surface area contributed by atoms with Gasteiger partial charge in [0.2, 0.25) is 0 Å². The highest BCUT2D eigenvalue weighted by Crippen LogP contribution is 2.48. The molecule has 0 saturated heterocycles. The first-order valence-electron chi connectivity index (χ1n) is 13.5. The van der Waals surface area contributed by atoms with Crippen LogP contribution in [0.2, 0.25) is 0 Å². The molecule has 2 aromatic carbocycles. The SMILES string of the molecule is CN[C@]1(c2ncc(-c3ccc4nc5n(c4c3)[C@@H]3CC5NC(=O)c4cccc(OC(P)I)c43)cc2C)C[C@@H](C)C1. The lowest BCUT2D eigenvalue weighted by Gasteiger charge is -2.46. The lowest BCUT2D eigenvalue weighted by molar-refractivity contribution is 0.0938. The van der Waals surface area contributed by atoms with Gasteiger partial charge in [0.1, 0.15) is 11.6 Å². The second kappa shape index (κ2) is 9.25. The van der Waals surface area contributed by atoms with E-state index >= 15 is 0 Å². The van der Waals surface area contributed by atoms with E-state index in [0.29, 0.717) is 11.5 Å². The zero-order valence-corrected chi connectivity index (χ0v) is 25.5. The minimum atomic E-state index is -0.143. The molecule has 3 aliphatic rings. The van der Waals surface area contributed by atoms with Gasteiger partial charge < -0.3 is 19.9 Å². The summed E-state index contributed by atoms with van der Waals surface area (Å²) in [5.41, 5.74) is 8.15. The van der Waals surface area contributed by atoms with Crippen molar-refractivity contribution in [3.63, 3.8) is 0 Å². The van der Waals surface area contributed by atoms with Crippen LogP contribution in [0.1, 0.15) is 71.3 Å². The fourth-order valence-corrected chi connectivity index (χ4v) is 7.51. The summed E-state index contributed by atoms with van der Waals surface area (Å²) >= 11 is 2.22. The number of alkyl halides is 1. The van der Waals surface area contributed by atoms with E-state index in [2.05, 4.69) is 85.1 Å². The Morgan fingerprint density at radius 2 is 2.05 bits per heavy atom. The van der Waals surface area contributed by atoms with Crippen molar-refractivity contribution in [3.05, 3.63) is 76.9 Å². The van der Waals surface area contributed by atoms with Gasteiger partial charge >= 0.3 is 0 Å². The predicted octanol–water partition coefficient (Wildman–Crippen LogP) is 6.00. The van der Waals surface area contributed by atoms with E-state index in [-0.39, 0.29) is 27.4 Å². The molecular formula is C30H31IN5O2P. The Morgan fingerprint density at radius 3 is 2.77 bits per heavy atom. The van der Waals surface area contributed by atoms with Crippen molar-refractivity contribution in [2.24, 2.45) is 5.92 Å². The molecule has 2 N–H and O–H groups in total. The van der Waals surface area contributed by atoms with Gasteiger partial charge in [-0.3, -0.25) is 9.78 Å². The zero-order valence-electron chi connectivity index (χ0n) is 22.2. The van der Waals surface area contributed by atoms with Crippen LogP contribution in [-0.4, -0.2) is 31.3 Å². The zero-order chi connectivity index (χ0) is 27.1. The van der Waals surface area contributed by atoms with Crippen molar-refractivity contribution >= 4 is 48.8 Å². The lowest BCUT2D eigenvalue weighted by Crippen LogP contribution is -2.51. The van der Waals surface area contributed by atoms with Crippen LogP contribution in [0.5, 0.6) is 5.75 Å². The minimum absolute atomic E-state index is 0.0141. The topological polar surface area (TPSA) is 81.1 Å². The lowest BCUT2D eigenvalue weighted by atomic mass is 9.66. The van der Waals surface area contributed by atoms with Crippen LogP contribution in [0.15, 0.2) is 48.7 Å². The van der Waals surface area contributed by atoms with Crippen molar-refractivity contribution in [2.45, 2.75) is 54.6 Å². The quantitative estimate of drug-likeness (QED) is 0.157. The number of aromatic nitrogens is 3. The number of ether oxygens (including phenoxy) is 1.